The van der Waals surface area contributed by atoms with Gasteiger partial charge in [-0.15, -0.1) is 0 Å². The lowest BCUT2D eigenvalue weighted by Crippen LogP contribution is -2.04. The van der Waals surface area contributed by atoms with E-state index < -0.39 is 0 Å². The summed E-state index contributed by atoms with van der Waals surface area (Å²) in [6.45, 7) is 4.64. The van der Waals surface area contributed by atoms with Gasteiger partial charge >= 0.3 is 5.97 Å². The van der Waals surface area contributed by atoms with Gasteiger partial charge in [-0.2, -0.15) is 0 Å². The maximum Gasteiger partial charge on any atom is 0.305 e. The molecule has 2 heteroatoms. The Morgan fingerprint density at radius 2 is 1.09 bits per heavy atom. The van der Waals surface area contributed by atoms with Gasteiger partial charge in [0.2, 0.25) is 0 Å². The van der Waals surface area contributed by atoms with Gasteiger partial charge in [-0.25, -0.2) is 0 Å². The Labute approximate surface area is 145 Å². The molecule has 0 bridgehead atoms. The molecule has 137 valence electrons. The van der Waals surface area contributed by atoms with Crippen molar-refractivity contribution in [3.8, 4) is 0 Å². The summed E-state index contributed by atoms with van der Waals surface area (Å²) in [5, 5.41) is 0. The number of esters is 1. The zero-order valence-corrected chi connectivity index (χ0v) is 15.9. The molecule has 0 aromatic carbocycles. The normalized spacial score (nSPS) is 10.9. The van der Waals surface area contributed by atoms with Crippen LogP contribution in [0, 0.1) is 6.42 Å². The van der Waals surface area contributed by atoms with E-state index in [2.05, 4.69) is 6.92 Å². The molecule has 0 rings (SSSR count). The number of ether oxygens (including phenoxy) is 1. The van der Waals surface area contributed by atoms with E-state index in [1.54, 1.807) is 0 Å². The van der Waals surface area contributed by atoms with Crippen LogP contribution < -0.4 is 0 Å². The Morgan fingerprint density at radius 3 is 1.48 bits per heavy atom. The second kappa shape index (κ2) is 19.5. The number of carbonyl (C=O) groups is 1. The molecule has 0 spiro atoms. The van der Waals surface area contributed by atoms with Crippen LogP contribution in [0.15, 0.2) is 0 Å². The summed E-state index contributed by atoms with van der Waals surface area (Å²) >= 11 is 0. The smallest absolute Gasteiger partial charge is 0.305 e. The van der Waals surface area contributed by atoms with Crippen molar-refractivity contribution in [3.05, 3.63) is 6.42 Å². The average molecular weight is 326 g/mol. The standard InChI is InChI=1S/C21H41O2/c1-3-5-6-7-8-9-10-11-12-13-14-15-16-17-18-19-21(22)23-20-4-2/h4H,3,5-20H2,1-2H3. The van der Waals surface area contributed by atoms with Gasteiger partial charge in [0.05, 0.1) is 6.61 Å². The van der Waals surface area contributed by atoms with Crippen molar-refractivity contribution < 1.29 is 9.53 Å². The van der Waals surface area contributed by atoms with Crippen molar-refractivity contribution in [2.24, 2.45) is 0 Å². The fraction of sp³-hybridized carbons (Fsp3) is 0.905. The fourth-order valence-electron chi connectivity index (χ4n) is 2.89. The van der Waals surface area contributed by atoms with Crippen molar-refractivity contribution in [2.75, 3.05) is 6.61 Å². The van der Waals surface area contributed by atoms with E-state index in [0.717, 1.165) is 6.42 Å². The molecule has 0 aliphatic heterocycles. The summed E-state index contributed by atoms with van der Waals surface area (Å²) in [6, 6.07) is 0. The molecule has 2 nitrogen and oxygen atoms in total. The zero-order chi connectivity index (χ0) is 17.0. The predicted molar refractivity (Wildman–Crippen MR) is 100 cm³/mol. The minimum atomic E-state index is -0.0437. The van der Waals surface area contributed by atoms with Gasteiger partial charge in [-0.1, -0.05) is 104 Å². The Bertz CT molecular complexity index is 238. The first-order valence-corrected chi connectivity index (χ1v) is 10.2. The van der Waals surface area contributed by atoms with Gasteiger partial charge in [0.15, 0.2) is 0 Å². The highest BCUT2D eigenvalue weighted by Gasteiger charge is 2.01. The maximum absolute atomic E-state index is 11.3. The lowest BCUT2D eigenvalue weighted by atomic mass is 10.0. The Kier molecular flexibility index (Phi) is 19.1. The molecule has 0 heterocycles. The highest BCUT2D eigenvalue weighted by atomic mass is 16.5. The first-order chi connectivity index (χ1) is 11.3. The van der Waals surface area contributed by atoms with E-state index in [1.807, 2.05) is 13.3 Å². The Hall–Kier alpha value is -0.530. The molecule has 0 aromatic rings. The summed E-state index contributed by atoms with van der Waals surface area (Å²) in [5.41, 5.74) is 0. The second-order valence-electron chi connectivity index (χ2n) is 6.79. The topological polar surface area (TPSA) is 26.3 Å². The number of hydrogen-bond acceptors (Lipinski definition) is 2. The van der Waals surface area contributed by atoms with Crippen molar-refractivity contribution in [1.82, 2.24) is 0 Å². The van der Waals surface area contributed by atoms with Crippen LogP contribution in [-0.2, 0) is 9.53 Å². The zero-order valence-electron chi connectivity index (χ0n) is 15.9. The maximum atomic E-state index is 11.3. The van der Waals surface area contributed by atoms with Gasteiger partial charge < -0.3 is 4.74 Å². The molecule has 0 amide bonds. The van der Waals surface area contributed by atoms with E-state index in [4.69, 9.17) is 4.74 Å². The molecule has 0 saturated carbocycles. The van der Waals surface area contributed by atoms with E-state index in [9.17, 15) is 4.79 Å². The van der Waals surface area contributed by atoms with Crippen molar-refractivity contribution in [3.63, 3.8) is 0 Å². The minimum absolute atomic E-state index is 0.0437. The molecule has 0 fully saturated rings. The molecular formula is C21H41O2. The highest BCUT2D eigenvalue weighted by Crippen LogP contribution is 2.13. The van der Waals surface area contributed by atoms with Crippen LogP contribution in [0.1, 0.15) is 117 Å². The summed E-state index contributed by atoms with van der Waals surface area (Å²) in [5.74, 6) is -0.0437. The molecule has 0 unspecified atom stereocenters. The average Bonchev–Trinajstić information content (AvgIpc) is 2.56. The van der Waals surface area contributed by atoms with Gasteiger partial charge in [-0.3, -0.25) is 4.79 Å². The third-order valence-electron chi connectivity index (χ3n) is 4.40. The van der Waals surface area contributed by atoms with Crippen molar-refractivity contribution in [1.29, 1.82) is 0 Å². The molecule has 23 heavy (non-hydrogen) atoms. The van der Waals surface area contributed by atoms with Gasteiger partial charge in [0, 0.05) is 6.42 Å². The molecular weight excluding hydrogens is 284 g/mol. The van der Waals surface area contributed by atoms with Crippen molar-refractivity contribution in [2.45, 2.75) is 117 Å². The summed E-state index contributed by atoms with van der Waals surface area (Å²) in [6.07, 6.45) is 22.8. The molecule has 0 atom stereocenters. The monoisotopic (exact) mass is 325 g/mol. The van der Waals surface area contributed by atoms with E-state index in [0.29, 0.717) is 13.0 Å². The molecule has 0 aliphatic rings. The summed E-state index contributed by atoms with van der Waals surface area (Å²) in [7, 11) is 0. The van der Waals surface area contributed by atoms with Crippen molar-refractivity contribution >= 4 is 5.97 Å². The predicted octanol–water partition coefficient (Wildman–Crippen LogP) is 7.02. The van der Waals surface area contributed by atoms with Crippen LogP contribution in [-0.4, -0.2) is 12.6 Å². The second-order valence-corrected chi connectivity index (χ2v) is 6.79. The number of rotatable bonds is 18. The van der Waals surface area contributed by atoms with Gasteiger partial charge in [-0.05, 0) is 12.8 Å². The van der Waals surface area contributed by atoms with Crippen LogP contribution >= 0.6 is 0 Å². The number of unbranched alkanes of at least 4 members (excludes halogenated alkanes) is 14. The van der Waals surface area contributed by atoms with Crippen LogP contribution in [0.5, 0.6) is 0 Å². The SMILES string of the molecule is C[CH]COC(=O)CCCCCCCCCCCCCCCCC. The number of hydrogen-bond donors (Lipinski definition) is 0. The third-order valence-corrected chi connectivity index (χ3v) is 4.40. The molecule has 0 aliphatic carbocycles. The van der Waals surface area contributed by atoms with Crippen LogP contribution in [0.25, 0.3) is 0 Å². The minimum Gasteiger partial charge on any atom is -0.465 e. The van der Waals surface area contributed by atoms with Gasteiger partial charge in [0.25, 0.3) is 0 Å². The molecule has 0 N–H and O–H groups in total. The number of carbonyl (C=O) groups excluding carboxylic acids is 1. The molecule has 1 radical (unpaired) electrons. The quantitative estimate of drug-likeness (QED) is 0.200. The largest absolute Gasteiger partial charge is 0.465 e. The molecule has 0 aromatic heterocycles. The first kappa shape index (κ1) is 22.5. The molecule has 0 saturated heterocycles. The van der Waals surface area contributed by atoms with Crippen LogP contribution in [0.2, 0.25) is 0 Å². The lowest BCUT2D eigenvalue weighted by Gasteiger charge is -2.04. The van der Waals surface area contributed by atoms with E-state index in [-0.39, 0.29) is 5.97 Å². The van der Waals surface area contributed by atoms with Crippen LogP contribution in [0.3, 0.4) is 0 Å². The Morgan fingerprint density at radius 1 is 0.696 bits per heavy atom. The highest BCUT2D eigenvalue weighted by molar-refractivity contribution is 5.69. The fourth-order valence-corrected chi connectivity index (χ4v) is 2.89. The van der Waals surface area contributed by atoms with E-state index in [1.165, 1.54) is 89.9 Å². The van der Waals surface area contributed by atoms with Crippen LogP contribution in [0.4, 0.5) is 0 Å². The Balaban J connectivity index is 3.04. The van der Waals surface area contributed by atoms with E-state index >= 15 is 0 Å². The van der Waals surface area contributed by atoms with Gasteiger partial charge in [0.1, 0.15) is 0 Å². The lowest BCUT2D eigenvalue weighted by molar-refractivity contribution is -0.142. The first-order valence-electron chi connectivity index (χ1n) is 10.2. The third kappa shape index (κ3) is 19.4. The summed E-state index contributed by atoms with van der Waals surface area (Å²) < 4.78 is 5.02. The summed E-state index contributed by atoms with van der Waals surface area (Å²) in [4.78, 5) is 11.3.